The van der Waals surface area contributed by atoms with E-state index < -0.39 is 0 Å². The van der Waals surface area contributed by atoms with Crippen LogP contribution in [0.5, 0.6) is 0 Å². The summed E-state index contributed by atoms with van der Waals surface area (Å²) < 4.78 is 1.12. The molecule has 1 N–H and O–H groups in total. The van der Waals surface area contributed by atoms with Gasteiger partial charge in [-0.25, -0.2) is 0 Å². The second-order valence-electron chi connectivity index (χ2n) is 1.97. The molecule has 3 heteroatoms. The molecule has 0 bridgehead atoms. The molecule has 0 aromatic heterocycles. The standard InChI is InChI=1S/C8H8N2Se/c1-10-7-2-4-8(5-3-7)11-6-9/h2-5,10H,1H3. The third-order valence-electron chi connectivity index (χ3n) is 1.31. The molecule has 1 rings (SSSR count). The Morgan fingerprint density at radius 2 is 2.00 bits per heavy atom. The van der Waals surface area contributed by atoms with Gasteiger partial charge in [-0.05, 0) is 0 Å². The molecule has 0 atom stereocenters. The van der Waals surface area contributed by atoms with Crippen LogP contribution in [0.3, 0.4) is 0 Å². The fraction of sp³-hybridized carbons (Fsp3) is 0.125. The molecule has 0 aliphatic carbocycles. The van der Waals surface area contributed by atoms with Gasteiger partial charge in [0.15, 0.2) is 0 Å². The van der Waals surface area contributed by atoms with Gasteiger partial charge in [-0.2, -0.15) is 0 Å². The molecule has 0 amide bonds. The van der Waals surface area contributed by atoms with E-state index in [2.05, 4.69) is 10.3 Å². The normalized spacial score (nSPS) is 8.73. The molecular weight excluding hydrogens is 203 g/mol. The molecule has 0 fully saturated rings. The molecule has 0 unspecified atom stereocenters. The van der Waals surface area contributed by atoms with Crippen molar-refractivity contribution >= 4 is 25.1 Å². The van der Waals surface area contributed by atoms with Crippen LogP contribution in [0.1, 0.15) is 0 Å². The first-order valence-electron chi connectivity index (χ1n) is 3.20. The third-order valence-corrected chi connectivity index (χ3v) is 2.56. The summed E-state index contributed by atoms with van der Waals surface area (Å²) >= 11 is -0.0216. The monoisotopic (exact) mass is 212 g/mol. The Morgan fingerprint density at radius 3 is 2.45 bits per heavy atom. The molecule has 0 saturated carbocycles. The minimum absolute atomic E-state index is 0.0216. The van der Waals surface area contributed by atoms with Gasteiger partial charge in [0.1, 0.15) is 0 Å². The zero-order valence-electron chi connectivity index (χ0n) is 6.16. The summed E-state index contributed by atoms with van der Waals surface area (Å²) in [6, 6.07) is 7.92. The Kier molecular flexibility index (Phi) is 2.97. The molecule has 56 valence electrons. The Morgan fingerprint density at radius 1 is 1.36 bits per heavy atom. The molecular formula is C8H8N2Se. The maximum atomic E-state index is 8.41. The first kappa shape index (κ1) is 8.13. The molecule has 0 aliphatic rings. The SMILES string of the molecule is CNc1ccc([Se]C#N)cc1. The summed E-state index contributed by atoms with van der Waals surface area (Å²) in [5.74, 6) is 0. The summed E-state index contributed by atoms with van der Waals surface area (Å²) in [5, 5.41) is 11.4. The van der Waals surface area contributed by atoms with Gasteiger partial charge in [0.2, 0.25) is 0 Å². The van der Waals surface area contributed by atoms with Crippen molar-refractivity contribution in [3.8, 4) is 4.97 Å². The van der Waals surface area contributed by atoms with Crippen LogP contribution in [0.15, 0.2) is 24.3 Å². The van der Waals surface area contributed by atoms with Gasteiger partial charge in [-0.15, -0.1) is 0 Å². The van der Waals surface area contributed by atoms with Crippen molar-refractivity contribution in [2.24, 2.45) is 0 Å². The molecule has 11 heavy (non-hydrogen) atoms. The number of nitriles is 1. The van der Waals surface area contributed by atoms with Crippen LogP contribution in [0.2, 0.25) is 0 Å². The molecule has 1 aromatic carbocycles. The molecule has 0 heterocycles. The molecule has 0 saturated heterocycles. The van der Waals surface area contributed by atoms with Crippen molar-refractivity contribution in [2.75, 3.05) is 12.4 Å². The molecule has 0 radical (unpaired) electrons. The zero-order valence-corrected chi connectivity index (χ0v) is 7.88. The zero-order chi connectivity index (χ0) is 8.10. The number of hydrogen-bond donors (Lipinski definition) is 1. The van der Waals surface area contributed by atoms with Crippen molar-refractivity contribution in [3.63, 3.8) is 0 Å². The predicted molar refractivity (Wildman–Crippen MR) is 47.0 cm³/mol. The van der Waals surface area contributed by atoms with Crippen molar-refractivity contribution in [2.45, 2.75) is 0 Å². The van der Waals surface area contributed by atoms with Crippen molar-refractivity contribution in [3.05, 3.63) is 24.3 Å². The summed E-state index contributed by atoms with van der Waals surface area (Å²) in [5.41, 5.74) is 1.09. The quantitative estimate of drug-likeness (QED) is 0.724. The Labute approximate surface area is 72.4 Å². The minimum atomic E-state index is -0.0216. The number of hydrogen-bond acceptors (Lipinski definition) is 2. The Bertz CT molecular complexity index is 260. The van der Waals surface area contributed by atoms with Crippen LogP contribution in [-0.4, -0.2) is 22.0 Å². The van der Waals surface area contributed by atoms with Gasteiger partial charge < -0.3 is 0 Å². The van der Waals surface area contributed by atoms with E-state index in [4.69, 9.17) is 5.26 Å². The Hall–Kier alpha value is -0.971. The van der Waals surface area contributed by atoms with Gasteiger partial charge in [-0.3, -0.25) is 0 Å². The van der Waals surface area contributed by atoms with Crippen molar-refractivity contribution < 1.29 is 0 Å². The molecule has 1 aromatic rings. The van der Waals surface area contributed by atoms with E-state index in [0.717, 1.165) is 10.1 Å². The first-order valence-corrected chi connectivity index (χ1v) is 4.92. The number of rotatable bonds is 2. The van der Waals surface area contributed by atoms with Gasteiger partial charge in [-0.1, -0.05) is 0 Å². The van der Waals surface area contributed by atoms with Gasteiger partial charge in [0.05, 0.1) is 0 Å². The topological polar surface area (TPSA) is 35.8 Å². The number of nitrogens with zero attached hydrogens (tertiary/aromatic N) is 1. The average Bonchev–Trinajstić information content (AvgIpc) is 2.07. The summed E-state index contributed by atoms with van der Waals surface area (Å²) in [6.45, 7) is 0. The van der Waals surface area contributed by atoms with E-state index in [1.807, 2.05) is 31.3 Å². The van der Waals surface area contributed by atoms with Crippen LogP contribution in [0.25, 0.3) is 0 Å². The maximum absolute atomic E-state index is 8.41. The summed E-state index contributed by atoms with van der Waals surface area (Å²) in [7, 11) is 1.88. The fourth-order valence-corrected chi connectivity index (χ4v) is 1.53. The van der Waals surface area contributed by atoms with E-state index in [0.29, 0.717) is 0 Å². The van der Waals surface area contributed by atoms with E-state index in [9.17, 15) is 0 Å². The molecule has 0 spiro atoms. The predicted octanol–water partition coefficient (Wildman–Crippen LogP) is 0.539. The molecule has 0 aliphatic heterocycles. The second-order valence-corrected chi connectivity index (χ2v) is 3.77. The van der Waals surface area contributed by atoms with Crippen LogP contribution in [0.4, 0.5) is 5.69 Å². The number of anilines is 1. The summed E-state index contributed by atoms with van der Waals surface area (Å²) in [4.78, 5) is 2.16. The summed E-state index contributed by atoms with van der Waals surface area (Å²) in [6.07, 6.45) is 0. The van der Waals surface area contributed by atoms with Crippen LogP contribution < -0.4 is 9.78 Å². The van der Waals surface area contributed by atoms with Crippen molar-refractivity contribution in [1.29, 1.82) is 5.26 Å². The van der Waals surface area contributed by atoms with Crippen LogP contribution in [-0.2, 0) is 0 Å². The van der Waals surface area contributed by atoms with E-state index in [1.165, 1.54) is 0 Å². The Balaban J connectivity index is 2.76. The van der Waals surface area contributed by atoms with Gasteiger partial charge >= 0.3 is 72.0 Å². The van der Waals surface area contributed by atoms with Gasteiger partial charge in [0.25, 0.3) is 0 Å². The fourth-order valence-electron chi connectivity index (χ4n) is 0.742. The van der Waals surface area contributed by atoms with E-state index >= 15 is 0 Å². The molecule has 2 nitrogen and oxygen atoms in total. The van der Waals surface area contributed by atoms with E-state index in [1.54, 1.807) is 0 Å². The van der Waals surface area contributed by atoms with E-state index in [-0.39, 0.29) is 15.0 Å². The first-order chi connectivity index (χ1) is 5.36. The van der Waals surface area contributed by atoms with Crippen LogP contribution in [0, 0.1) is 10.2 Å². The van der Waals surface area contributed by atoms with Gasteiger partial charge in [0, 0.05) is 0 Å². The average molecular weight is 211 g/mol. The third kappa shape index (κ3) is 2.27. The number of benzene rings is 1. The number of nitrogens with one attached hydrogen (secondary N) is 1. The second kappa shape index (κ2) is 4.02. The van der Waals surface area contributed by atoms with Crippen LogP contribution >= 0.6 is 0 Å². The van der Waals surface area contributed by atoms with Crippen molar-refractivity contribution in [1.82, 2.24) is 0 Å².